The molecule has 0 spiro atoms. The predicted octanol–water partition coefficient (Wildman–Crippen LogP) is 4.70. The molecule has 2 aromatic heterocycles. The minimum Gasteiger partial charge on any atom is -0.433 e. The van der Waals surface area contributed by atoms with Crippen molar-refractivity contribution < 1.29 is 17.9 Å². The van der Waals surface area contributed by atoms with E-state index in [4.69, 9.17) is 0 Å². The summed E-state index contributed by atoms with van der Waals surface area (Å²) >= 11 is 0. The molecule has 1 saturated carbocycles. The molecule has 0 unspecified atom stereocenters. The third-order valence-corrected chi connectivity index (χ3v) is 5.76. The maximum Gasteiger partial charge on any atom is 0.387 e. The van der Waals surface area contributed by atoms with Crippen LogP contribution < -0.4 is 4.74 Å². The summed E-state index contributed by atoms with van der Waals surface area (Å²) in [6.45, 7) is -2.07. The van der Waals surface area contributed by atoms with E-state index in [2.05, 4.69) is 37.1 Å². The average molecular weight is 439 g/mol. The number of alkyl halides is 2. The van der Waals surface area contributed by atoms with Crippen LogP contribution in [0.5, 0.6) is 5.75 Å². The van der Waals surface area contributed by atoms with Crippen LogP contribution in [-0.4, -0.2) is 43.8 Å². The molecule has 5 rings (SSSR count). The first-order valence-electron chi connectivity index (χ1n) is 10.3. The second kappa shape index (κ2) is 8.49. The van der Waals surface area contributed by atoms with E-state index in [0.29, 0.717) is 29.1 Å². The molecule has 1 fully saturated rings. The summed E-state index contributed by atoms with van der Waals surface area (Å²) in [5.74, 6) is 0.644. The topological polar surface area (TPSA) is 56.1 Å². The Hall–Kier alpha value is -3.62. The van der Waals surface area contributed by atoms with Crippen molar-refractivity contribution in [2.24, 2.45) is 0 Å². The number of pyridine rings is 1. The van der Waals surface area contributed by atoms with Crippen molar-refractivity contribution in [3.8, 4) is 23.0 Å². The van der Waals surface area contributed by atoms with E-state index in [-0.39, 0.29) is 11.7 Å². The largest absolute Gasteiger partial charge is 0.433 e. The summed E-state index contributed by atoms with van der Waals surface area (Å²) in [6, 6.07) is 9.68. The molecular formula is C23H20F3N5O. The highest BCUT2D eigenvalue weighted by atomic mass is 19.3. The number of hydrogen-bond acceptors (Lipinski definition) is 5. The SMILES string of the molecule is Fc1ccccc1-n1c(-c2ccc(OC(F)F)cn2)nnc1C1CC(N2C=CC=CC2)C1. The Morgan fingerprint density at radius 2 is 1.88 bits per heavy atom. The van der Waals surface area contributed by atoms with Gasteiger partial charge in [0, 0.05) is 18.5 Å². The second-order valence-electron chi connectivity index (χ2n) is 7.71. The smallest absolute Gasteiger partial charge is 0.387 e. The Balaban J connectivity index is 1.47. The zero-order valence-corrected chi connectivity index (χ0v) is 17.0. The first kappa shape index (κ1) is 20.3. The maximum atomic E-state index is 14.8. The van der Waals surface area contributed by atoms with Gasteiger partial charge in [0.2, 0.25) is 0 Å². The number of para-hydroxylation sites is 1. The Kier molecular flexibility index (Phi) is 5.38. The molecule has 2 aliphatic rings. The molecule has 0 N–H and O–H groups in total. The summed E-state index contributed by atoms with van der Waals surface area (Å²) in [4.78, 5) is 6.48. The first-order chi connectivity index (χ1) is 15.6. The molecule has 0 atom stereocenters. The Morgan fingerprint density at radius 1 is 1.03 bits per heavy atom. The van der Waals surface area contributed by atoms with Gasteiger partial charge >= 0.3 is 6.61 Å². The lowest BCUT2D eigenvalue weighted by Crippen LogP contribution is -2.42. The van der Waals surface area contributed by atoms with E-state index in [1.165, 1.54) is 24.4 Å². The van der Waals surface area contributed by atoms with Crippen LogP contribution in [0.3, 0.4) is 0 Å². The zero-order valence-electron chi connectivity index (χ0n) is 17.0. The van der Waals surface area contributed by atoms with E-state index in [1.54, 1.807) is 22.8 Å². The van der Waals surface area contributed by atoms with Gasteiger partial charge in [-0.25, -0.2) is 9.37 Å². The number of halogens is 3. The fraction of sp³-hybridized carbons (Fsp3) is 0.261. The van der Waals surface area contributed by atoms with Crippen LogP contribution in [0.2, 0.25) is 0 Å². The normalized spacial score (nSPS) is 19.9. The molecule has 164 valence electrons. The van der Waals surface area contributed by atoms with Gasteiger partial charge in [-0.3, -0.25) is 4.57 Å². The van der Waals surface area contributed by atoms with Gasteiger partial charge in [0.05, 0.1) is 11.9 Å². The van der Waals surface area contributed by atoms with Gasteiger partial charge in [-0.05, 0) is 49.4 Å². The summed E-state index contributed by atoms with van der Waals surface area (Å²) in [7, 11) is 0. The highest BCUT2D eigenvalue weighted by Crippen LogP contribution is 2.41. The number of aromatic nitrogens is 4. The molecule has 9 heteroatoms. The average Bonchev–Trinajstić information content (AvgIpc) is 3.18. The van der Waals surface area contributed by atoms with Crippen LogP contribution >= 0.6 is 0 Å². The Bertz CT molecular complexity index is 1150. The fourth-order valence-corrected chi connectivity index (χ4v) is 4.10. The molecule has 1 aromatic carbocycles. The van der Waals surface area contributed by atoms with Crippen molar-refractivity contribution in [3.05, 3.63) is 78.7 Å². The quantitative estimate of drug-likeness (QED) is 0.557. The number of rotatable bonds is 6. The van der Waals surface area contributed by atoms with Crippen molar-refractivity contribution >= 4 is 0 Å². The van der Waals surface area contributed by atoms with Crippen LogP contribution in [0.1, 0.15) is 24.6 Å². The van der Waals surface area contributed by atoms with E-state index < -0.39 is 12.4 Å². The van der Waals surface area contributed by atoms with Gasteiger partial charge < -0.3 is 9.64 Å². The molecular weight excluding hydrogens is 419 g/mol. The minimum atomic E-state index is -2.94. The van der Waals surface area contributed by atoms with Crippen LogP contribution in [-0.2, 0) is 0 Å². The predicted molar refractivity (Wildman–Crippen MR) is 112 cm³/mol. The molecule has 0 bridgehead atoms. The molecule has 3 heterocycles. The van der Waals surface area contributed by atoms with Gasteiger partial charge in [-0.2, -0.15) is 8.78 Å². The van der Waals surface area contributed by atoms with E-state index in [9.17, 15) is 13.2 Å². The van der Waals surface area contributed by atoms with Crippen molar-refractivity contribution in [1.29, 1.82) is 0 Å². The van der Waals surface area contributed by atoms with E-state index in [0.717, 1.165) is 19.4 Å². The molecule has 32 heavy (non-hydrogen) atoms. The summed E-state index contributed by atoms with van der Waals surface area (Å²) in [5, 5.41) is 8.68. The van der Waals surface area contributed by atoms with E-state index in [1.807, 2.05) is 12.2 Å². The molecule has 0 saturated heterocycles. The third-order valence-electron chi connectivity index (χ3n) is 5.76. The highest BCUT2D eigenvalue weighted by Gasteiger charge is 2.37. The van der Waals surface area contributed by atoms with Crippen molar-refractivity contribution in [3.63, 3.8) is 0 Å². The Labute approximate surface area is 182 Å². The number of nitrogens with zero attached hydrogens (tertiary/aromatic N) is 5. The van der Waals surface area contributed by atoms with Crippen molar-refractivity contribution in [2.75, 3.05) is 6.54 Å². The van der Waals surface area contributed by atoms with Gasteiger partial charge in [0.25, 0.3) is 0 Å². The monoisotopic (exact) mass is 439 g/mol. The lowest BCUT2D eigenvalue weighted by molar-refractivity contribution is -0.0500. The number of allylic oxidation sites excluding steroid dienone is 2. The van der Waals surface area contributed by atoms with Gasteiger partial charge in [-0.15, -0.1) is 10.2 Å². The van der Waals surface area contributed by atoms with Crippen LogP contribution in [0.25, 0.3) is 17.2 Å². The standard InChI is InChI=1S/C23H20F3N5O/c24-18-6-2-3-7-20(18)31-21(15-12-16(13-15)30-10-4-1-5-11-30)28-29-22(31)19-9-8-17(14-27-19)32-23(25)26/h1-10,14-16,23H,11-13H2. The lowest BCUT2D eigenvalue weighted by Gasteiger charge is -2.42. The molecule has 3 aromatic rings. The zero-order chi connectivity index (χ0) is 22.1. The number of ether oxygens (including phenoxy) is 1. The Morgan fingerprint density at radius 3 is 2.56 bits per heavy atom. The van der Waals surface area contributed by atoms with Gasteiger partial charge in [0.1, 0.15) is 23.1 Å². The summed E-state index contributed by atoms with van der Waals surface area (Å²) in [5.41, 5.74) is 0.704. The van der Waals surface area contributed by atoms with Crippen molar-refractivity contribution in [1.82, 2.24) is 24.6 Å². The molecule has 6 nitrogen and oxygen atoms in total. The number of benzene rings is 1. The van der Waals surface area contributed by atoms with Crippen molar-refractivity contribution in [2.45, 2.75) is 31.4 Å². The van der Waals surface area contributed by atoms with Gasteiger partial charge in [0.15, 0.2) is 5.82 Å². The third kappa shape index (κ3) is 3.86. The van der Waals surface area contributed by atoms with Crippen LogP contribution in [0.4, 0.5) is 13.2 Å². The van der Waals surface area contributed by atoms with Crippen LogP contribution in [0.15, 0.2) is 67.0 Å². The summed E-state index contributed by atoms with van der Waals surface area (Å²) < 4.78 is 45.7. The fourth-order valence-electron chi connectivity index (χ4n) is 4.10. The lowest BCUT2D eigenvalue weighted by atomic mass is 9.78. The molecule has 0 amide bonds. The number of hydrogen-bond donors (Lipinski definition) is 0. The van der Waals surface area contributed by atoms with Crippen LogP contribution in [0, 0.1) is 5.82 Å². The highest BCUT2D eigenvalue weighted by molar-refractivity contribution is 5.55. The molecule has 1 aliphatic heterocycles. The second-order valence-corrected chi connectivity index (χ2v) is 7.71. The first-order valence-corrected chi connectivity index (χ1v) is 10.3. The molecule has 1 aliphatic carbocycles. The molecule has 0 radical (unpaired) electrons. The van der Waals surface area contributed by atoms with E-state index >= 15 is 0 Å². The minimum absolute atomic E-state index is 0.0635. The summed E-state index contributed by atoms with van der Waals surface area (Å²) in [6.07, 6.45) is 11.2. The van der Waals surface area contributed by atoms with Gasteiger partial charge in [-0.1, -0.05) is 24.3 Å². The maximum absolute atomic E-state index is 14.8.